The van der Waals surface area contributed by atoms with E-state index in [9.17, 15) is 4.79 Å². The van der Waals surface area contributed by atoms with Crippen LogP contribution >= 0.6 is 0 Å². The van der Waals surface area contributed by atoms with Crippen molar-refractivity contribution in [3.63, 3.8) is 0 Å². The van der Waals surface area contributed by atoms with Crippen LogP contribution < -0.4 is 25.0 Å². The first-order valence-electron chi connectivity index (χ1n) is 10.5. The molecule has 1 aromatic heterocycles. The van der Waals surface area contributed by atoms with Gasteiger partial charge in [-0.15, -0.1) is 0 Å². The summed E-state index contributed by atoms with van der Waals surface area (Å²) in [5.41, 5.74) is 2.82. The van der Waals surface area contributed by atoms with E-state index in [1.807, 2.05) is 37.3 Å². The summed E-state index contributed by atoms with van der Waals surface area (Å²) < 4.78 is 10.5. The van der Waals surface area contributed by atoms with Gasteiger partial charge in [-0.05, 0) is 57.2 Å². The predicted molar refractivity (Wildman–Crippen MR) is 128 cm³/mol. The number of hydrogen-bond donors (Lipinski definition) is 2. The Morgan fingerprint density at radius 2 is 1.50 bits per heavy atom. The van der Waals surface area contributed by atoms with Gasteiger partial charge in [-0.25, -0.2) is 4.98 Å². The maximum Gasteiger partial charge on any atom is 0.255 e. The van der Waals surface area contributed by atoms with Gasteiger partial charge in [0.25, 0.3) is 5.91 Å². The van der Waals surface area contributed by atoms with Gasteiger partial charge in [0, 0.05) is 47.9 Å². The summed E-state index contributed by atoms with van der Waals surface area (Å²) in [6, 6.07) is 14.4. The smallest absolute Gasteiger partial charge is 0.255 e. The van der Waals surface area contributed by atoms with Crippen LogP contribution in [0.15, 0.2) is 48.5 Å². The second kappa shape index (κ2) is 10.5. The molecule has 0 fully saturated rings. The van der Waals surface area contributed by atoms with E-state index in [-0.39, 0.29) is 5.91 Å². The molecule has 8 nitrogen and oxygen atoms in total. The zero-order valence-corrected chi connectivity index (χ0v) is 19.1. The molecule has 3 aromatic rings. The van der Waals surface area contributed by atoms with Crippen molar-refractivity contribution in [1.82, 2.24) is 9.97 Å². The number of nitrogens with zero attached hydrogens (tertiary/aromatic N) is 3. The van der Waals surface area contributed by atoms with E-state index < -0.39 is 0 Å². The van der Waals surface area contributed by atoms with Crippen LogP contribution in [-0.4, -0.2) is 43.2 Å². The number of aromatic nitrogens is 2. The predicted octanol–water partition coefficient (Wildman–Crippen LogP) is 4.64. The van der Waals surface area contributed by atoms with Crippen molar-refractivity contribution in [2.45, 2.75) is 20.8 Å². The summed E-state index contributed by atoms with van der Waals surface area (Å²) >= 11 is 0. The van der Waals surface area contributed by atoms with Gasteiger partial charge in [0.05, 0.1) is 14.2 Å². The van der Waals surface area contributed by atoms with Gasteiger partial charge in [0.2, 0.25) is 5.95 Å². The second-order valence-electron chi connectivity index (χ2n) is 7.12. The number of hydrogen-bond acceptors (Lipinski definition) is 7. The molecule has 0 aliphatic rings. The Bertz CT molecular complexity index is 1040. The lowest BCUT2D eigenvalue weighted by Gasteiger charge is -2.20. The monoisotopic (exact) mass is 435 g/mol. The van der Waals surface area contributed by atoms with Crippen LogP contribution in [0.1, 0.15) is 29.9 Å². The normalized spacial score (nSPS) is 10.4. The van der Waals surface area contributed by atoms with E-state index in [0.29, 0.717) is 28.7 Å². The third-order valence-electron chi connectivity index (χ3n) is 4.94. The molecule has 0 unspecified atom stereocenters. The Balaban J connectivity index is 1.71. The number of carbonyl (C=O) groups excluding carboxylic acids is 1. The van der Waals surface area contributed by atoms with E-state index in [2.05, 4.69) is 39.3 Å². The fourth-order valence-corrected chi connectivity index (χ4v) is 3.23. The van der Waals surface area contributed by atoms with Crippen LogP contribution in [0.4, 0.5) is 23.1 Å². The van der Waals surface area contributed by atoms with Crippen molar-refractivity contribution in [1.29, 1.82) is 0 Å². The van der Waals surface area contributed by atoms with Crippen LogP contribution in [0, 0.1) is 6.92 Å². The largest absolute Gasteiger partial charge is 0.497 e. The van der Waals surface area contributed by atoms with Crippen LogP contribution in [0.5, 0.6) is 11.5 Å². The Morgan fingerprint density at radius 1 is 0.906 bits per heavy atom. The SMILES string of the molecule is CCN(CC)c1cc(C)nc(Nc2ccc(NC(=O)c3cc(OC)cc(OC)c3)cc2)n1. The molecule has 0 saturated carbocycles. The molecule has 1 amide bonds. The summed E-state index contributed by atoms with van der Waals surface area (Å²) in [5.74, 6) is 2.27. The molecule has 0 saturated heterocycles. The topological polar surface area (TPSA) is 88.6 Å². The Morgan fingerprint density at radius 3 is 2.06 bits per heavy atom. The van der Waals surface area contributed by atoms with E-state index >= 15 is 0 Å². The molecule has 0 atom stereocenters. The van der Waals surface area contributed by atoms with E-state index in [1.54, 1.807) is 32.4 Å². The maximum atomic E-state index is 12.7. The average Bonchev–Trinajstić information content (AvgIpc) is 2.80. The third kappa shape index (κ3) is 5.66. The lowest BCUT2D eigenvalue weighted by Crippen LogP contribution is -2.23. The van der Waals surface area contributed by atoms with Crippen LogP contribution in [0.25, 0.3) is 0 Å². The molecule has 1 heterocycles. The van der Waals surface area contributed by atoms with E-state index in [0.717, 1.165) is 30.3 Å². The van der Waals surface area contributed by atoms with E-state index in [4.69, 9.17) is 9.47 Å². The van der Waals surface area contributed by atoms with Crippen molar-refractivity contribution in [2.24, 2.45) is 0 Å². The highest BCUT2D eigenvalue weighted by molar-refractivity contribution is 6.04. The molecule has 168 valence electrons. The highest BCUT2D eigenvalue weighted by Gasteiger charge is 2.11. The number of ether oxygens (including phenoxy) is 2. The fourth-order valence-electron chi connectivity index (χ4n) is 3.23. The second-order valence-corrected chi connectivity index (χ2v) is 7.12. The van der Waals surface area contributed by atoms with Gasteiger partial charge < -0.3 is 25.0 Å². The van der Waals surface area contributed by atoms with Gasteiger partial charge in [-0.3, -0.25) is 4.79 Å². The summed E-state index contributed by atoms with van der Waals surface area (Å²) in [5, 5.41) is 6.12. The Hall–Kier alpha value is -3.81. The molecule has 0 aliphatic heterocycles. The molecule has 0 bridgehead atoms. The molecule has 0 aliphatic carbocycles. The molecule has 2 aromatic carbocycles. The molecule has 0 spiro atoms. The molecule has 3 rings (SSSR count). The highest BCUT2D eigenvalue weighted by Crippen LogP contribution is 2.24. The summed E-state index contributed by atoms with van der Waals surface area (Å²) in [4.78, 5) is 23.9. The highest BCUT2D eigenvalue weighted by atomic mass is 16.5. The van der Waals surface area contributed by atoms with Crippen LogP contribution in [0.3, 0.4) is 0 Å². The fraction of sp³-hybridized carbons (Fsp3) is 0.292. The number of nitrogens with one attached hydrogen (secondary N) is 2. The Labute approximate surface area is 188 Å². The number of anilines is 4. The minimum Gasteiger partial charge on any atom is -0.497 e. The first-order chi connectivity index (χ1) is 15.4. The molecule has 8 heteroatoms. The van der Waals surface area contributed by atoms with Gasteiger partial charge in [-0.2, -0.15) is 4.98 Å². The van der Waals surface area contributed by atoms with Crippen molar-refractivity contribution in [3.8, 4) is 11.5 Å². The summed E-state index contributed by atoms with van der Waals surface area (Å²) in [6.45, 7) is 7.90. The number of rotatable bonds is 9. The lowest BCUT2D eigenvalue weighted by molar-refractivity contribution is 0.102. The van der Waals surface area contributed by atoms with Crippen molar-refractivity contribution in [2.75, 3.05) is 42.8 Å². The van der Waals surface area contributed by atoms with Crippen LogP contribution in [-0.2, 0) is 0 Å². The molecular weight excluding hydrogens is 406 g/mol. The minimum absolute atomic E-state index is 0.256. The maximum absolute atomic E-state index is 12.7. The standard InChI is InChI=1S/C24H29N5O3/c1-6-29(7-2)22-12-16(3)25-24(28-22)27-19-10-8-18(9-11-19)26-23(30)17-13-20(31-4)15-21(14-17)32-5/h8-15H,6-7H2,1-5H3,(H,26,30)(H,25,27,28). The third-order valence-corrected chi connectivity index (χ3v) is 4.94. The molecular formula is C24H29N5O3. The van der Waals surface area contributed by atoms with Crippen LogP contribution in [0.2, 0.25) is 0 Å². The number of methoxy groups -OCH3 is 2. The van der Waals surface area contributed by atoms with Gasteiger partial charge in [0.1, 0.15) is 17.3 Å². The van der Waals surface area contributed by atoms with Crippen molar-refractivity contribution >= 4 is 29.0 Å². The molecule has 2 N–H and O–H groups in total. The number of carbonyl (C=O) groups is 1. The molecule has 32 heavy (non-hydrogen) atoms. The van der Waals surface area contributed by atoms with Gasteiger partial charge in [-0.1, -0.05) is 0 Å². The minimum atomic E-state index is -0.256. The first kappa shape index (κ1) is 22.9. The van der Waals surface area contributed by atoms with Crippen molar-refractivity contribution in [3.05, 3.63) is 59.8 Å². The quantitative estimate of drug-likeness (QED) is 0.506. The van der Waals surface area contributed by atoms with Crippen molar-refractivity contribution < 1.29 is 14.3 Å². The summed E-state index contributed by atoms with van der Waals surface area (Å²) in [7, 11) is 3.09. The van der Waals surface area contributed by atoms with Gasteiger partial charge >= 0.3 is 0 Å². The molecule has 0 radical (unpaired) electrons. The summed E-state index contributed by atoms with van der Waals surface area (Å²) in [6.07, 6.45) is 0. The lowest BCUT2D eigenvalue weighted by atomic mass is 10.1. The first-order valence-corrected chi connectivity index (χ1v) is 10.5. The number of aryl methyl sites for hydroxylation is 1. The zero-order chi connectivity index (χ0) is 23.1. The van der Waals surface area contributed by atoms with Gasteiger partial charge in [0.15, 0.2) is 0 Å². The Kier molecular flexibility index (Phi) is 7.49. The zero-order valence-electron chi connectivity index (χ0n) is 19.1. The average molecular weight is 436 g/mol. The number of amides is 1. The number of benzene rings is 2. The van der Waals surface area contributed by atoms with E-state index in [1.165, 1.54) is 0 Å².